The molecule has 18 heavy (non-hydrogen) atoms. The molecule has 0 saturated heterocycles. The van der Waals surface area contributed by atoms with E-state index in [0.717, 1.165) is 12.8 Å². The molecule has 3 rings (SSSR count). The first kappa shape index (κ1) is 13.3. The Morgan fingerprint density at radius 1 is 1.17 bits per heavy atom. The smallest absolute Gasteiger partial charge is 0.384 e. The Morgan fingerprint density at radius 2 is 1.78 bits per heavy atom. The van der Waals surface area contributed by atoms with Crippen LogP contribution in [0.3, 0.4) is 0 Å². The SMILES string of the molecule is CN.OC1(O)Oc2cccc(C3CC3)c2C1(O)O. The Balaban J connectivity index is 0.000000574. The summed E-state index contributed by atoms with van der Waals surface area (Å²) in [5.41, 5.74) is 5.29. The molecule has 1 aromatic rings. The Kier molecular flexibility index (Phi) is 3.08. The molecular weight excluding hydrogens is 238 g/mol. The molecule has 1 aliphatic heterocycles. The molecule has 0 spiro atoms. The van der Waals surface area contributed by atoms with Crippen LogP contribution in [0.2, 0.25) is 0 Å². The molecular formula is C12H17NO5. The molecule has 0 amide bonds. The van der Waals surface area contributed by atoms with Crippen LogP contribution in [0, 0.1) is 0 Å². The lowest BCUT2D eigenvalue weighted by atomic mass is 9.96. The molecule has 1 aromatic carbocycles. The topological polar surface area (TPSA) is 116 Å². The van der Waals surface area contributed by atoms with Crippen LogP contribution in [0.15, 0.2) is 18.2 Å². The van der Waals surface area contributed by atoms with Crippen LogP contribution >= 0.6 is 0 Å². The zero-order chi connectivity index (χ0) is 13.6. The highest BCUT2D eigenvalue weighted by molar-refractivity contribution is 5.49. The van der Waals surface area contributed by atoms with E-state index in [9.17, 15) is 20.4 Å². The van der Waals surface area contributed by atoms with Gasteiger partial charge in [0.15, 0.2) is 0 Å². The van der Waals surface area contributed by atoms with E-state index >= 15 is 0 Å². The third-order valence-corrected chi connectivity index (χ3v) is 3.13. The third-order valence-electron chi connectivity index (χ3n) is 3.13. The van der Waals surface area contributed by atoms with Gasteiger partial charge in [-0.15, -0.1) is 0 Å². The van der Waals surface area contributed by atoms with E-state index in [0.29, 0.717) is 5.56 Å². The van der Waals surface area contributed by atoms with Gasteiger partial charge in [0.2, 0.25) is 0 Å². The number of benzene rings is 1. The summed E-state index contributed by atoms with van der Waals surface area (Å²) in [6.45, 7) is 0. The molecule has 100 valence electrons. The van der Waals surface area contributed by atoms with Gasteiger partial charge in [0.05, 0.1) is 5.56 Å². The average Bonchev–Trinajstić information content (AvgIpc) is 3.11. The lowest BCUT2D eigenvalue weighted by molar-refractivity contribution is -0.426. The van der Waals surface area contributed by atoms with Crippen molar-refractivity contribution in [1.82, 2.24) is 0 Å². The van der Waals surface area contributed by atoms with Crippen molar-refractivity contribution >= 4 is 0 Å². The van der Waals surface area contributed by atoms with Crippen LogP contribution in [0.25, 0.3) is 0 Å². The van der Waals surface area contributed by atoms with Gasteiger partial charge in [-0.1, -0.05) is 12.1 Å². The summed E-state index contributed by atoms with van der Waals surface area (Å²) in [7, 11) is 1.50. The molecule has 0 atom stereocenters. The standard InChI is InChI=1S/C11H12O5.CH5N/c12-10(13)9-7(6-4-5-6)2-1-3-8(9)16-11(10,14)15;1-2/h1-3,6,12-15H,4-5H2;2H2,1H3. The number of fused-ring (bicyclic) bond motifs is 1. The van der Waals surface area contributed by atoms with E-state index in [-0.39, 0.29) is 17.2 Å². The lowest BCUT2D eigenvalue weighted by Gasteiger charge is -2.26. The zero-order valence-corrected chi connectivity index (χ0v) is 10.00. The summed E-state index contributed by atoms with van der Waals surface area (Å²) >= 11 is 0. The summed E-state index contributed by atoms with van der Waals surface area (Å²) in [5, 5.41) is 38.3. The van der Waals surface area contributed by atoms with Gasteiger partial charge in [-0.2, -0.15) is 0 Å². The second kappa shape index (κ2) is 4.18. The highest BCUT2D eigenvalue weighted by Crippen LogP contribution is 2.51. The van der Waals surface area contributed by atoms with Crippen molar-refractivity contribution in [1.29, 1.82) is 0 Å². The quantitative estimate of drug-likeness (QED) is 0.424. The van der Waals surface area contributed by atoms with Gasteiger partial charge >= 0.3 is 5.97 Å². The van der Waals surface area contributed by atoms with E-state index in [1.54, 1.807) is 12.1 Å². The fourth-order valence-electron chi connectivity index (χ4n) is 2.13. The van der Waals surface area contributed by atoms with Crippen molar-refractivity contribution in [2.45, 2.75) is 30.5 Å². The monoisotopic (exact) mass is 255 g/mol. The number of hydrogen-bond donors (Lipinski definition) is 5. The number of hydrogen-bond acceptors (Lipinski definition) is 6. The Hall–Kier alpha value is -1.18. The molecule has 0 radical (unpaired) electrons. The summed E-state index contributed by atoms with van der Waals surface area (Å²) in [6, 6.07) is 4.93. The average molecular weight is 255 g/mol. The maximum Gasteiger partial charge on any atom is 0.384 e. The first-order chi connectivity index (χ1) is 8.43. The second-order valence-electron chi connectivity index (χ2n) is 4.38. The zero-order valence-electron chi connectivity index (χ0n) is 10.00. The maximum absolute atomic E-state index is 9.76. The predicted octanol–water partition coefficient (Wildman–Crippen LogP) is -0.693. The fraction of sp³-hybridized carbons (Fsp3) is 0.500. The van der Waals surface area contributed by atoms with E-state index in [4.69, 9.17) is 4.74 Å². The molecule has 2 aliphatic rings. The van der Waals surface area contributed by atoms with Crippen LogP contribution in [0.5, 0.6) is 5.75 Å². The third kappa shape index (κ3) is 1.79. The van der Waals surface area contributed by atoms with Crippen LogP contribution in [0.1, 0.15) is 29.9 Å². The predicted molar refractivity (Wildman–Crippen MR) is 62.4 cm³/mol. The summed E-state index contributed by atoms with van der Waals surface area (Å²) in [5.74, 6) is -5.40. The van der Waals surface area contributed by atoms with Gasteiger partial charge in [0.25, 0.3) is 5.79 Å². The van der Waals surface area contributed by atoms with Crippen LogP contribution in [-0.2, 0) is 5.79 Å². The Morgan fingerprint density at radius 3 is 2.33 bits per heavy atom. The molecule has 6 N–H and O–H groups in total. The van der Waals surface area contributed by atoms with Crippen LogP contribution in [0.4, 0.5) is 0 Å². The molecule has 1 heterocycles. The number of aliphatic hydroxyl groups is 4. The Bertz CT molecular complexity index is 454. The van der Waals surface area contributed by atoms with Crippen molar-refractivity contribution in [3.05, 3.63) is 29.3 Å². The van der Waals surface area contributed by atoms with Gasteiger partial charge in [-0.05, 0) is 37.4 Å². The summed E-state index contributed by atoms with van der Waals surface area (Å²) in [6.07, 6.45) is 1.94. The largest absolute Gasteiger partial charge is 0.434 e. The number of nitrogens with two attached hydrogens (primary N) is 1. The second-order valence-corrected chi connectivity index (χ2v) is 4.38. The van der Waals surface area contributed by atoms with Gasteiger partial charge in [0.1, 0.15) is 5.75 Å². The minimum atomic E-state index is -2.99. The number of rotatable bonds is 1. The minimum absolute atomic E-state index is 0.0718. The van der Waals surface area contributed by atoms with Crippen molar-refractivity contribution < 1.29 is 25.2 Å². The molecule has 0 aromatic heterocycles. The number of ether oxygens (including phenoxy) is 1. The molecule has 6 heteroatoms. The van der Waals surface area contributed by atoms with Gasteiger partial charge < -0.3 is 30.9 Å². The normalized spacial score (nSPS) is 22.6. The fourth-order valence-corrected chi connectivity index (χ4v) is 2.13. The van der Waals surface area contributed by atoms with Crippen molar-refractivity contribution in [2.75, 3.05) is 7.05 Å². The molecule has 0 unspecified atom stereocenters. The lowest BCUT2D eigenvalue weighted by Crippen LogP contribution is -2.51. The van der Waals surface area contributed by atoms with Gasteiger partial charge in [-0.3, -0.25) is 0 Å². The molecule has 1 aliphatic carbocycles. The van der Waals surface area contributed by atoms with E-state index in [1.165, 1.54) is 13.1 Å². The summed E-state index contributed by atoms with van der Waals surface area (Å²) in [4.78, 5) is 0. The molecule has 6 nitrogen and oxygen atoms in total. The van der Waals surface area contributed by atoms with Gasteiger partial charge in [-0.25, -0.2) is 0 Å². The summed E-state index contributed by atoms with van der Waals surface area (Å²) < 4.78 is 4.74. The van der Waals surface area contributed by atoms with Crippen molar-refractivity contribution in [3.63, 3.8) is 0 Å². The highest BCUT2D eigenvalue weighted by Gasteiger charge is 2.60. The molecule has 0 bridgehead atoms. The van der Waals surface area contributed by atoms with E-state index < -0.39 is 11.8 Å². The molecule has 1 fully saturated rings. The van der Waals surface area contributed by atoms with Crippen molar-refractivity contribution in [2.24, 2.45) is 5.73 Å². The van der Waals surface area contributed by atoms with Crippen molar-refractivity contribution in [3.8, 4) is 5.75 Å². The molecule has 1 saturated carbocycles. The van der Waals surface area contributed by atoms with Crippen LogP contribution < -0.4 is 10.5 Å². The first-order valence-electron chi connectivity index (χ1n) is 5.73. The van der Waals surface area contributed by atoms with E-state index in [1.807, 2.05) is 0 Å². The highest BCUT2D eigenvalue weighted by atomic mass is 16.8. The minimum Gasteiger partial charge on any atom is -0.434 e. The first-order valence-corrected chi connectivity index (χ1v) is 5.73. The van der Waals surface area contributed by atoms with Crippen LogP contribution in [-0.4, -0.2) is 33.4 Å². The Labute approximate surface area is 104 Å². The van der Waals surface area contributed by atoms with Gasteiger partial charge in [0, 0.05) is 0 Å². The van der Waals surface area contributed by atoms with E-state index in [2.05, 4.69) is 5.73 Å². The maximum atomic E-state index is 9.76.